The number of rotatable bonds is 6. The van der Waals surface area contributed by atoms with Crippen molar-refractivity contribution in [1.29, 1.82) is 0 Å². The number of ether oxygens (including phenoxy) is 1. The van der Waals surface area contributed by atoms with Crippen molar-refractivity contribution in [3.8, 4) is 0 Å². The molecule has 0 saturated carbocycles. The van der Waals surface area contributed by atoms with Crippen molar-refractivity contribution < 1.29 is 23.8 Å². The van der Waals surface area contributed by atoms with Gasteiger partial charge in [-0.1, -0.05) is 0 Å². The largest absolute Gasteiger partial charge is 0.393 e. The lowest BCUT2D eigenvalue weighted by molar-refractivity contribution is -0.160. The van der Waals surface area contributed by atoms with Crippen LogP contribution in [-0.4, -0.2) is 28.5 Å². The topological polar surface area (TPSA) is 76.0 Å². The van der Waals surface area contributed by atoms with Crippen LogP contribution in [0.1, 0.15) is 27.2 Å². The molecular weight excluding hydrogens is 195 g/mol. The molecule has 2 unspecified atom stereocenters. The van der Waals surface area contributed by atoms with Gasteiger partial charge in [-0.3, -0.25) is 9.09 Å². The molecule has 0 aliphatic rings. The van der Waals surface area contributed by atoms with Crippen LogP contribution in [0.3, 0.4) is 0 Å². The molecule has 0 radical (unpaired) electrons. The summed E-state index contributed by atoms with van der Waals surface area (Å²) in [5.74, 6) is -1.07. The van der Waals surface area contributed by atoms with Crippen LogP contribution in [0.25, 0.3) is 0 Å². The van der Waals surface area contributed by atoms with E-state index in [9.17, 15) is 4.57 Å². The summed E-state index contributed by atoms with van der Waals surface area (Å²) < 4.78 is 20.1. The van der Waals surface area contributed by atoms with Crippen LogP contribution >= 0.6 is 8.25 Å². The van der Waals surface area contributed by atoms with E-state index in [1.807, 2.05) is 0 Å². The molecule has 0 fully saturated rings. The molecule has 0 bridgehead atoms. The second kappa shape index (κ2) is 5.73. The van der Waals surface area contributed by atoms with Crippen LogP contribution in [0.15, 0.2) is 0 Å². The molecule has 13 heavy (non-hydrogen) atoms. The van der Waals surface area contributed by atoms with Crippen LogP contribution in [0.4, 0.5) is 0 Å². The Hall–Kier alpha value is 0.0700. The monoisotopic (exact) mass is 212 g/mol. The molecule has 0 aromatic heterocycles. The number of aliphatic hydroxyl groups is 1. The molecule has 6 heteroatoms. The van der Waals surface area contributed by atoms with Gasteiger partial charge in [0.1, 0.15) is 0 Å². The highest BCUT2D eigenvalue weighted by atomic mass is 31.1. The Morgan fingerprint density at radius 2 is 2.08 bits per heavy atom. The quantitative estimate of drug-likeness (QED) is 0.505. The predicted molar refractivity (Wildman–Crippen MR) is 48.6 cm³/mol. The van der Waals surface area contributed by atoms with Gasteiger partial charge in [0, 0.05) is 0 Å². The highest BCUT2D eigenvalue weighted by molar-refractivity contribution is 7.32. The molecule has 0 heterocycles. The Labute approximate surface area is 78.6 Å². The zero-order chi connectivity index (χ0) is 10.5. The van der Waals surface area contributed by atoms with Crippen LogP contribution in [0.2, 0.25) is 0 Å². The first kappa shape index (κ1) is 13.1. The van der Waals surface area contributed by atoms with Gasteiger partial charge in [0.2, 0.25) is 0 Å². The van der Waals surface area contributed by atoms with Gasteiger partial charge in [-0.15, -0.1) is 0 Å². The van der Waals surface area contributed by atoms with Crippen LogP contribution in [0, 0.1) is 0 Å². The van der Waals surface area contributed by atoms with E-state index in [-0.39, 0.29) is 0 Å². The Kier molecular flexibility index (Phi) is 5.76. The highest BCUT2D eigenvalue weighted by Crippen LogP contribution is 2.26. The third-order valence-corrected chi connectivity index (χ3v) is 1.98. The average Bonchev–Trinajstić information content (AvgIpc) is 1.81. The minimum absolute atomic E-state index is 0.291. The van der Waals surface area contributed by atoms with Gasteiger partial charge in [0.25, 0.3) is 0 Å². The summed E-state index contributed by atoms with van der Waals surface area (Å²) in [5, 5.41) is 8.91. The van der Waals surface area contributed by atoms with Crippen LogP contribution < -0.4 is 0 Å². The maximum atomic E-state index is 10.3. The molecule has 5 nitrogen and oxygen atoms in total. The van der Waals surface area contributed by atoms with Crippen molar-refractivity contribution in [2.45, 2.75) is 39.1 Å². The Morgan fingerprint density at radius 3 is 2.46 bits per heavy atom. The zero-order valence-electron chi connectivity index (χ0n) is 8.11. The summed E-state index contributed by atoms with van der Waals surface area (Å²) in [6, 6.07) is 0. The number of aliphatic hydroxyl groups excluding tert-OH is 1. The summed E-state index contributed by atoms with van der Waals surface area (Å²) in [7, 11) is -2.98. The maximum Gasteiger partial charge on any atom is 0.319 e. The molecule has 2 atom stereocenters. The van der Waals surface area contributed by atoms with Gasteiger partial charge in [-0.25, -0.2) is 0 Å². The fourth-order valence-electron chi connectivity index (χ4n) is 0.715. The lowest BCUT2D eigenvalue weighted by Crippen LogP contribution is -2.27. The summed E-state index contributed by atoms with van der Waals surface area (Å²) in [5.41, 5.74) is 0. The van der Waals surface area contributed by atoms with Gasteiger partial charge >= 0.3 is 8.25 Å². The third kappa shape index (κ3) is 8.40. The minimum Gasteiger partial charge on any atom is -0.393 e. The molecule has 0 rings (SSSR count). The van der Waals surface area contributed by atoms with Gasteiger partial charge in [-0.05, 0) is 27.2 Å². The van der Waals surface area contributed by atoms with Crippen LogP contribution in [-0.2, 0) is 13.8 Å². The average molecular weight is 212 g/mol. The van der Waals surface area contributed by atoms with E-state index >= 15 is 0 Å². The van der Waals surface area contributed by atoms with Crippen molar-refractivity contribution in [3.63, 3.8) is 0 Å². The van der Waals surface area contributed by atoms with Gasteiger partial charge in [0.15, 0.2) is 5.79 Å². The Bertz CT molecular complexity index is 168. The molecule has 0 aliphatic heterocycles. The van der Waals surface area contributed by atoms with E-state index in [4.69, 9.17) is 14.7 Å². The number of hydrogen-bond acceptors (Lipinski definition) is 4. The second-order valence-corrected chi connectivity index (χ2v) is 3.99. The Balaban J connectivity index is 3.69. The molecule has 0 aliphatic carbocycles. The van der Waals surface area contributed by atoms with E-state index in [1.54, 1.807) is 20.8 Å². The van der Waals surface area contributed by atoms with Gasteiger partial charge in [-0.2, -0.15) is 0 Å². The number of hydrogen-bond donors (Lipinski definition) is 2. The fraction of sp³-hybridized carbons (Fsp3) is 1.00. The first-order valence-electron chi connectivity index (χ1n) is 4.07. The van der Waals surface area contributed by atoms with E-state index in [0.29, 0.717) is 13.0 Å². The van der Waals surface area contributed by atoms with Crippen molar-refractivity contribution >= 4 is 8.25 Å². The molecular formula is C7H17O5P. The molecule has 0 aromatic rings. The molecule has 0 spiro atoms. The SMILES string of the molecule is CC(O)CCOC(C)(C)O[PH](=O)O. The standard InChI is InChI=1S/C7H17O5P/c1-6(8)4-5-11-7(2,3)12-13(9)10/h6,8,13H,4-5H2,1-3H3,(H,9,10). The van der Waals surface area contributed by atoms with Crippen molar-refractivity contribution in [1.82, 2.24) is 0 Å². The van der Waals surface area contributed by atoms with Gasteiger partial charge < -0.3 is 14.7 Å². The van der Waals surface area contributed by atoms with Crippen molar-refractivity contribution in [2.75, 3.05) is 6.61 Å². The lowest BCUT2D eigenvalue weighted by Gasteiger charge is -2.23. The molecule has 0 amide bonds. The summed E-state index contributed by atoms with van der Waals surface area (Å²) >= 11 is 0. The van der Waals surface area contributed by atoms with Crippen molar-refractivity contribution in [2.24, 2.45) is 0 Å². The first-order valence-corrected chi connectivity index (χ1v) is 5.34. The van der Waals surface area contributed by atoms with Crippen molar-refractivity contribution in [3.05, 3.63) is 0 Å². The summed E-state index contributed by atoms with van der Waals surface area (Å²) in [6.07, 6.45) is 0.0287. The van der Waals surface area contributed by atoms with E-state index in [0.717, 1.165) is 0 Å². The summed E-state index contributed by atoms with van der Waals surface area (Å²) in [6.45, 7) is 5.04. The first-order chi connectivity index (χ1) is 5.83. The third-order valence-electron chi connectivity index (χ3n) is 1.32. The second-order valence-electron chi connectivity index (χ2n) is 3.25. The van der Waals surface area contributed by atoms with Crippen LogP contribution in [0.5, 0.6) is 0 Å². The lowest BCUT2D eigenvalue weighted by atomic mass is 10.3. The van der Waals surface area contributed by atoms with Gasteiger partial charge in [0.05, 0.1) is 12.7 Å². The fourth-order valence-corrected chi connectivity index (χ4v) is 1.19. The van der Waals surface area contributed by atoms with E-state index in [2.05, 4.69) is 4.52 Å². The molecule has 80 valence electrons. The van der Waals surface area contributed by atoms with E-state index in [1.165, 1.54) is 0 Å². The molecule has 2 N–H and O–H groups in total. The molecule has 0 saturated heterocycles. The smallest absolute Gasteiger partial charge is 0.319 e. The minimum atomic E-state index is -2.98. The van der Waals surface area contributed by atoms with E-state index < -0.39 is 20.1 Å². The highest BCUT2D eigenvalue weighted by Gasteiger charge is 2.21. The summed E-state index contributed by atoms with van der Waals surface area (Å²) in [4.78, 5) is 8.49. The maximum absolute atomic E-state index is 10.3. The zero-order valence-corrected chi connectivity index (χ0v) is 9.11. The normalized spacial score (nSPS) is 17.0. The predicted octanol–water partition coefficient (Wildman–Crippen LogP) is 0.909. The Morgan fingerprint density at radius 1 is 1.54 bits per heavy atom. The molecule has 0 aromatic carbocycles.